The molecule has 0 fully saturated rings. The molecule has 2 N–H and O–H groups in total. The van der Waals surface area contributed by atoms with Crippen LogP contribution in [0.5, 0.6) is 5.75 Å². The van der Waals surface area contributed by atoms with Crippen LogP contribution in [0, 0.1) is 0 Å². The summed E-state index contributed by atoms with van der Waals surface area (Å²) in [7, 11) is 0. The van der Waals surface area contributed by atoms with Gasteiger partial charge >= 0.3 is 5.63 Å². The predicted molar refractivity (Wildman–Crippen MR) is 127 cm³/mol. The van der Waals surface area contributed by atoms with Gasteiger partial charge in [0, 0.05) is 36.0 Å². The van der Waals surface area contributed by atoms with Crippen LogP contribution in [0.3, 0.4) is 0 Å². The Labute approximate surface area is 189 Å². The Hall–Kier alpha value is -4.39. The number of phenols is 1. The number of amides is 1. The van der Waals surface area contributed by atoms with E-state index in [2.05, 4.69) is 10.4 Å². The number of hydrazone groups is 1. The highest BCUT2D eigenvalue weighted by molar-refractivity contribution is 6.03. The lowest BCUT2D eigenvalue weighted by molar-refractivity contribution is -0.130. The lowest BCUT2D eigenvalue weighted by Crippen LogP contribution is -2.24. The summed E-state index contributed by atoms with van der Waals surface area (Å²) in [5.41, 5.74) is 3.86. The molecule has 0 bridgehead atoms. The Morgan fingerprint density at radius 3 is 2.55 bits per heavy atom. The SMILES string of the molecule is CC(=O)N1N=C(c2ccc(Nc3cc(=O)oc4ccccc34)cc2)CC1c1ccccc1O. The average Bonchev–Trinajstić information content (AvgIpc) is 3.25. The number of carbonyl (C=O) groups is 1. The fraction of sp³-hybridized carbons (Fsp3) is 0.115. The lowest BCUT2D eigenvalue weighted by atomic mass is 9.97. The largest absolute Gasteiger partial charge is 0.508 e. The van der Waals surface area contributed by atoms with Crippen LogP contribution in [0.2, 0.25) is 0 Å². The number of carbonyl (C=O) groups excluding carboxylic acids is 1. The summed E-state index contributed by atoms with van der Waals surface area (Å²) in [6.45, 7) is 1.47. The second-order valence-corrected chi connectivity index (χ2v) is 7.87. The maximum absolute atomic E-state index is 12.2. The third kappa shape index (κ3) is 3.96. The highest BCUT2D eigenvalue weighted by atomic mass is 16.4. The highest BCUT2D eigenvalue weighted by Crippen LogP contribution is 2.37. The van der Waals surface area contributed by atoms with Gasteiger partial charge in [-0.25, -0.2) is 9.80 Å². The van der Waals surface area contributed by atoms with E-state index in [-0.39, 0.29) is 17.7 Å². The zero-order chi connectivity index (χ0) is 22.9. The summed E-state index contributed by atoms with van der Waals surface area (Å²) in [4.78, 5) is 24.1. The van der Waals surface area contributed by atoms with Crippen molar-refractivity contribution in [3.8, 4) is 5.75 Å². The van der Waals surface area contributed by atoms with Crippen LogP contribution in [0.25, 0.3) is 11.0 Å². The Morgan fingerprint density at radius 1 is 1.06 bits per heavy atom. The molecule has 2 heterocycles. The Morgan fingerprint density at radius 2 is 1.79 bits per heavy atom. The number of para-hydroxylation sites is 2. The monoisotopic (exact) mass is 439 g/mol. The van der Waals surface area contributed by atoms with Crippen LogP contribution in [-0.4, -0.2) is 21.7 Å². The van der Waals surface area contributed by atoms with Crippen LogP contribution >= 0.6 is 0 Å². The first kappa shape index (κ1) is 20.5. The van der Waals surface area contributed by atoms with Crippen molar-refractivity contribution < 1.29 is 14.3 Å². The van der Waals surface area contributed by atoms with Crippen molar-refractivity contribution in [1.82, 2.24) is 5.01 Å². The fourth-order valence-corrected chi connectivity index (χ4v) is 4.10. The molecule has 164 valence electrons. The van der Waals surface area contributed by atoms with Gasteiger partial charge < -0.3 is 14.8 Å². The number of nitrogens with one attached hydrogen (secondary N) is 1. The second-order valence-electron chi connectivity index (χ2n) is 7.87. The number of nitrogens with zero attached hydrogens (tertiary/aromatic N) is 2. The molecular weight excluding hydrogens is 418 g/mol. The molecule has 4 aromatic rings. The van der Waals surface area contributed by atoms with Crippen molar-refractivity contribution in [2.24, 2.45) is 5.10 Å². The van der Waals surface area contributed by atoms with E-state index in [0.29, 0.717) is 23.3 Å². The van der Waals surface area contributed by atoms with Crippen molar-refractivity contribution >= 4 is 34.0 Å². The van der Waals surface area contributed by atoms with Crippen molar-refractivity contribution in [2.75, 3.05) is 5.32 Å². The summed E-state index contributed by atoms with van der Waals surface area (Å²) in [6, 6.07) is 23.0. The maximum atomic E-state index is 12.2. The van der Waals surface area contributed by atoms with Crippen molar-refractivity contribution in [3.63, 3.8) is 0 Å². The topological polar surface area (TPSA) is 95.1 Å². The molecule has 0 spiro atoms. The van der Waals surface area contributed by atoms with Crippen molar-refractivity contribution in [2.45, 2.75) is 19.4 Å². The van der Waals surface area contributed by atoms with E-state index in [1.807, 2.05) is 54.6 Å². The van der Waals surface area contributed by atoms with Gasteiger partial charge in [-0.05, 0) is 35.9 Å². The van der Waals surface area contributed by atoms with Gasteiger partial charge in [0.25, 0.3) is 0 Å². The number of anilines is 2. The second kappa shape index (κ2) is 8.27. The summed E-state index contributed by atoms with van der Waals surface area (Å²) in [5, 5.41) is 20.3. The van der Waals surface area contributed by atoms with E-state index in [1.165, 1.54) is 18.0 Å². The molecule has 1 aliphatic rings. The van der Waals surface area contributed by atoms with E-state index in [9.17, 15) is 14.7 Å². The van der Waals surface area contributed by atoms with Crippen LogP contribution in [0.15, 0.2) is 93.2 Å². The lowest BCUT2D eigenvalue weighted by Gasteiger charge is -2.21. The highest BCUT2D eigenvalue weighted by Gasteiger charge is 2.32. The Kier molecular flexibility index (Phi) is 5.14. The van der Waals surface area contributed by atoms with E-state index >= 15 is 0 Å². The third-order valence-corrected chi connectivity index (χ3v) is 5.68. The Bertz CT molecular complexity index is 1440. The summed E-state index contributed by atoms with van der Waals surface area (Å²) < 4.78 is 5.25. The standard InChI is InChI=1S/C26H21N3O4/c1-16(30)29-23(20-7-2-4-8-24(20)31)14-21(28-29)17-10-12-18(13-11-17)27-22-15-26(32)33-25-9-5-3-6-19(22)25/h2-13,15,23,27,31H,14H2,1H3. The molecule has 1 amide bonds. The zero-order valence-corrected chi connectivity index (χ0v) is 17.9. The van der Waals surface area contributed by atoms with E-state index in [4.69, 9.17) is 4.42 Å². The molecule has 1 atom stereocenters. The van der Waals surface area contributed by atoms with Crippen LogP contribution in [0.1, 0.15) is 30.5 Å². The number of benzene rings is 3. The third-order valence-electron chi connectivity index (χ3n) is 5.68. The molecule has 33 heavy (non-hydrogen) atoms. The van der Waals surface area contributed by atoms with Crippen LogP contribution in [-0.2, 0) is 4.79 Å². The molecule has 0 saturated carbocycles. The molecule has 0 radical (unpaired) electrons. The van der Waals surface area contributed by atoms with E-state index in [0.717, 1.165) is 22.3 Å². The van der Waals surface area contributed by atoms with Gasteiger partial charge in [-0.15, -0.1) is 0 Å². The van der Waals surface area contributed by atoms with Crippen LogP contribution in [0.4, 0.5) is 11.4 Å². The normalized spacial score (nSPS) is 15.5. The number of rotatable bonds is 4. The van der Waals surface area contributed by atoms with Gasteiger partial charge in [-0.2, -0.15) is 5.10 Å². The smallest absolute Gasteiger partial charge is 0.338 e. The molecule has 7 nitrogen and oxygen atoms in total. The van der Waals surface area contributed by atoms with E-state index in [1.54, 1.807) is 18.2 Å². The number of hydrogen-bond acceptors (Lipinski definition) is 6. The van der Waals surface area contributed by atoms with Gasteiger partial charge in [-0.3, -0.25) is 4.79 Å². The van der Waals surface area contributed by atoms with Gasteiger partial charge in [0.05, 0.1) is 17.4 Å². The zero-order valence-electron chi connectivity index (χ0n) is 17.9. The first-order valence-corrected chi connectivity index (χ1v) is 10.5. The minimum absolute atomic E-state index is 0.143. The molecular formula is C26H21N3O4. The fourth-order valence-electron chi connectivity index (χ4n) is 4.10. The summed E-state index contributed by atoms with van der Waals surface area (Å²) in [6.07, 6.45) is 0.494. The molecule has 1 aromatic heterocycles. The molecule has 5 rings (SSSR count). The predicted octanol–water partition coefficient (Wildman–Crippen LogP) is 4.94. The summed E-state index contributed by atoms with van der Waals surface area (Å²) in [5.74, 6) is -0.0457. The number of fused-ring (bicyclic) bond motifs is 1. The molecule has 0 saturated heterocycles. The van der Waals surface area contributed by atoms with Gasteiger partial charge in [0.2, 0.25) is 5.91 Å². The van der Waals surface area contributed by atoms with Gasteiger partial charge in [-0.1, -0.05) is 42.5 Å². The number of hydrogen-bond donors (Lipinski definition) is 2. The van der Waals surface area contributed by atoms with Gasteiger partial charge in [0.15, 0.2) is 0 Å². The van der Waals surface area contributed by atoms with Crippen LogP contribution < -0.4 is 10.9 Å². The van der Waals surface area contributed by atoms with Gasteiger partial charge in [0.1, 0.15) is 11.3 Å². The van der Waals surface area contributed by atoms with Crippen molar-refractivity contribution in [1.29, 1.82) is 0 Å². The number of aromatic hydroxyl groups is 1. The first-order chi connectivity index (χ1) is 16.0. The first-order valence-electron chi connectivity index (χ1n) is 10.5. The van der Waals surface area contributed by atoms with Crippen molar-refractivity contribution in [3.05, 3.63) is 100 Å². The van der Waals surface area contributed by atoms with E-state index < -0.39 is 5.63 Å². The molecule has 0 aliphatic carbocycles. The molecule has 1 aliphatic heterocycles. The molecule has 1 unspecified atom stereocenters. The minimum atomic E-state index is -0.423. The maximum Gasteiger partial charge on any atom is 0.338 e. The minimum Gasteiger partial charge on any atom is -0.508 e. The molecule has 7 heteroatoms. The quantitative estimate of drug-likeness (QED) is 0.439. The number of phenolic OH excluding ortho intramolecular Hbond substituents is 1. The summed E-state index contributed by atoms with van der Waals surface area (Å²) >= 11 is 0. The molecule has 3 aromatic carbocycles. The Balaban J connectivity index is 1.41. The average molecular weight is 439 g/mol.